The summed E-state index contributed by atoms with van der Waals surface area (Å²) in [5, 5.41) is 0. The SMILES string of the molecule is O=C(c1cc(Br)ccc1F)c1ccc(F)c(F)c1Br. The fraction of sp³-hybridized carbons (Fsp3) is 0. The Morgan fingerprint density at radius 3 is 2.21 bits per heavy atom. The Balaban J connectivity index is 2.56. The van der Waals surface area contributed by atoms with E-state index in [1.165, 1.54) is 12.1 Å². The van der Waals surface area contributed by atoms with E-state index in [9.17, 15) is 18.0 Å². The quantitative estimate of drug-likeness (QED) is 0.526. The molecule has 0 aromatic heterocycles. The average molecular weight is 394 g/mol. The minimum atomic E-state index is -1.18. The van der Waals surface area contributed by atoms with Crippen molar-refractivity contribution in [2.75, 3.05) is 0 Å². The molecular weight excluding hydrogens is 389 g/mol. The molecule has 0 radical (unpaired) electrons. The molecule has 0 aliphatic heterocycles. The van der Waals surface area contributed by atoms with E-state index in [1.54, 1.807) is 0 Å². The monoisotopic (exact) mass is 392 g/mol. The summed E-state index contributed by atoms with van der Waals surface area (Å²) < 4.78 is 40.1. The summed E-state index contributed by atoms with van der Waals surface area (Å²) in [6, 6.07) is 5.76. The Bertz CT molecular complexity index is 671. The van der Waals surface area contributed by atoms with Crippen molar-refractivity contribution in [3.8, 4) is 0 Å². The van der Waals surface area contributed by atoms with E-state index in [-0.39, 0.29) is 15.6 Å². The zero-order chi connectivity index (χ0) is 14.2. The largest absolute Gasteiger partial charge is 0.288 e. The van der Waals surface area contributed by atoms with Gasteiger partial charge in [-0.05, 0) is 46.3 Å². The molecule has 2 aromatic carbocycles. The lowest BCUT2D eigenvalue weighted by molar-refractivity contribution is 0.103. The molecule has 2 rings (SSSR count). The first kappa shape index (κ1) is 14.3. The van der Waals surface area contributed by atoms with Crippen LogP contribution in [0.4, 0.5) is 13.2 Å². The van der Waals surface area contributed by atoms with Crippen LogP contribution in [0.25, 0.3) is 0 Å². The molecule has 0 bridgehead atoms. The molecule has 0 heterocycles. The summed E-state index contributed by atoms with van der Waals surface area (Å²) in [7, 11) is 0. The van der Waals surface area contributed by atoms with Crippen molar-refractivity contribution in [1.82, 2.24) is 0 Å². The van der Waals surface area contributed by atoms with E-state index in [2.05, 4.69) is 31.9 Å². The van der Waals surface area contributed by atoms with Gasteiger partial charge in [-0.1, -0.05) is 15.9 Å². The van der Waals surface area contributed by atoms with Crippen molar-refractivity contribution in [2.24, 2.45) is 0 Å². The summed E-state index contributed by atoms with van der Waals surface area (Å²) >= 11 is 5.92. The third kappa shape index (κ3) is 2.74. The number of hydrogen-bond donors (Lipinski definition) is 0. The van der Waals surface area contributed by atoms with Gasteiger partial charge in [0.05, 0.1) is 10.0 Å². The number of rotatable bonds is 2. The van der Waals surface area contributed by atoms with Gasteiger partial charge in [0.1, 0.15) is 5.82 Å². The summed E-state index contributed by atoms with van der Waals surface area (Å²) in [4.78, 5) is 12.1. The maximum absolute atomic E-state index is 13.6. The summed E-state index contributed by atoms with van der Waals surface area (Å²) in [6.07, 6.45) is 0. The Kier molecular flexibility index (Phi) is 4.10. The highest BCUT2D eigenvalue weighted by Crippen LogP contribution is 2.27. The van der Waals surface area contributed by atoms with E-state index < -0.39 is 23.2 Å². The van der Waals surface area contributed by atoms with Crippen LogP contribution in [0, 0.1) is 17.5 Å². The first-order chi connectivity index (χ1) is 8.91. The zero-order valence-corrected chi connectivity index (χ0v) is 12.4. The molecular formula is C13H5Br2F3O. The molecule has 0 saturated carbocycles. The van der Waals surface area contributed by atoms with Crippen LogP contribution in [-0.2, 0) is 0 Å². The Morgan fingerprint density at radius 1 is 0.895 bits per heavy atom. The molecule has 0 N–H and O–H groups in total. The maximum atomic E-state index is 13.6. The Hall–Kier alpha value is -1.14. The Morgan fingerprint density at radius 2 is 1.53 bits per heavy atom. The fourth-order valence-corrected chi connectivity index (χ4v) is 2.38. The van der Waals surface area contributed by atoms with Crippen molar-refractivity contribution in [3.63, 3.8) is 0 Å². The first-order valence-corrected chi connectivity index (χ1v) is 6.63. The number of benzene rings is 2. The first-order valence-electron chi connectivity index (χ1n) is 5.05. The minimum absolute atomic E-state index is 0.143. The molecule has 0 atom stereocenters. The van der Waals surface area contributed by atoms with Gasteiger partial charge in [-0.3, -0.25) is 4.79 Å². The Labute approximate surface area is 123 Å². The number of carbonyl (C=O) groups excluding carboxylic acids is 1. The highest BCUT2D eigenvalue weighted by atomic mass is 79.9. The summed E-state index contributed by atoms with van der Waals surface area (Å²) in [6.45, 7) is 0. The highest BCUT2D eigenvalue weighted by molar-refractivity contribution is 9.10. The second-order valence-corrected chi connectivity index (χ2v) is 5.38. The fourth-order valence-electron chi connectivity index (χ4n) is 1.52. The van der Waals surface area contributed by atoms with Gasteiger partial charge in [0.2, 0.25) is 0 Å². The molecule has 98 valence electrons. The lowest BCUT2D eigenvalue weighted by Crippen LogP contribution is -2.07. The van der Waals surface area contributed by atoms with Crippen LogP contribution in [0.3, 0.4) is 0 Å². The van der Waals surface area contributed by atoms with Crippen molar-refractivity contribution in [1.29, 1.82) is 0 Å². The number of carbonyl (C=O) groups is 1. The van der Waals surface area contributed by atoms with Gasteiger partial charge in [0.15, 0.2) is 17.4 Å². The molecule has 0 fully saturated rings. The van der Waals surface area contributed by atoms with Crippen LogP contribution in [0.5, 0.6) is 0 Å². The van der Waals surface area contributed by atoms with Gasteiger partial charge in [0.25, 0.3) is 0 Å². The average Bonchev–Trinajstić information content (AvgIpc) is 2.38. The molecule has 0 amide bonds. The standard InChI is InChI=1S/C13H5Br2F3O/c14-6-1-3-9(16)8(5-6)13(19)7-2-4-10(17)12(18)11(7)15/h1-5H. The maximum Gasteiger partial charge on any atom is 0.197 e. The second kappa shape index (κ2) is 5.46. The molecule has 0 unspecified atom stereocenters. The lowest BCUT2D eigenvalue weighted by Gasteiger charge is -2.07. The zero-order valence-electron chi connectivity index (χ0n) is 9.18. The predicted octanol–water partition coefficient (Wildman–Crippen LogP) is 4.86. The topological polar surface area (TPSA) is 17.1 Å². The summed E-state index contributed by atoms with van der Waals surface area (Å²) in [5.41, 5.74) is -0.364. The third-order valence-electron chi connectivity index (χ3n) is 2.45. The van der Waals surface area contributed by atoms with E-state index in [0.29, 0.717) is 4.47 Å². The number of ketones is 1. The van der Waals surface area contributed by atoms with Crippen molar-refractivity contribution < 1.29 is 18.0 Å². The van der Waals surface area contributed by atoms with Gasteiger partial charge in [-0.2, -0.15) is 0 Å². The van der Waals surface area contributed by atoms with Crippen LogP contribution in [0.1, 0.15) is 15.9 Å². The van der Waals surface area contributed by atoms with Gasteiger partial charge in [-0.15, -0.1) is 0 Å². The van der Waals surface area contributed by atoms with E-state index in [0.717, 1.165) is 18.2 Å². The van der Waals surface area contributed by atoms with E-state index >= 15 is 0 Å². The normalized spacial score (nSPS) is 10.6. The van der Waals surface area contributed by atoms with Gasteiger partial charge in [0, 0.05) is 10.0 Å². The molecule has 6 heteroatoms. The van der Waals surface area contributed by atoms with Gasteiger partial charge in [-0.25, -0.2) is 13.2 Å². The van der Waals surface area contributed by atoms with E-state index in [1.807, 2.05) is 0 Å². The van der Waals surface area contributed by atoms with Crippen LogP contribution in [0.2, 0.25) is 0 Å². The van der Waals surface area contributed by atoms with Crippen LogP contribution >= 0.6 is 31.9 Å². The molecule has 0 aliphatic carbocycles. The third-order valence-corrected chi connectivity index (χ3v) is 3.72. The second-order valence-electron chi connectivity index (χ2n) is 3.68. The molecule has 19 heavy (non-hydrogen) atoms. The van der Waals surface area contributed by atoms with Gasteiger partial charge >= 0.3 is 0 Å². The molecule has 0 saturated heterocycles. The van der Waals surface area contributed by atoms with Crippen molar-refractivity contribution in [2.45, 2.75) is 0 Å². The van der Waals surface area contributed by atoms with Gasteiger partial charge < -0.3 is 0 Å². The molecule has 0 aliphatic rings. The molecule has 1 nitrogen and oxygen atoms in total. The van der Waals surface area contributed by atoms with Crippen LogP contribution in [0.15, 0.2) is 39.3 Å². The van der Waals surface area contributed by atoms with Crippen LogP contribution < -0.4 is 0 Å². The van der Waals surface area contributed by atoms with E-state index in [4.69, 9.17) is 0 Å². The van der Waals surface area contributed by atoms with Crippen molar-refractivity contribution >= 4 is 37.6 Å². The van der Waals surface area contributed by atoms with Crippen LogP contribution in [-0.4, -0.2) is 5.78 Å². The minimum Gasteiger partial charge on any atom is -0.288 e. The molecule has 0 spiro atoms. The smallest absolute Gasteiger partial charge is 0.197 e. The van der Waals surface area contributed by atoms with Crippen molar-refractivity contribution in [3.05, 3.63) is 67.9 Å². The molecule has 2 aromatic rings. The predicted molar refractivity (Wildman–Crippen MR) is 71.6 cm³/mol. The highest BCUT2D eigenvalue weighted by Gasteiger charge is 2.20. The lowest BCUT2D eigenvalue weighted by atomic mass is 10.0. The summed E-state index contributed by atoms with van der Waals surface area (Å²) in [5.74, 6) is -3.73. The number of halogens is 5. The number of hydrogen-bond acceptors (Lipinski definition) is 1.